The summed E-state index contributed by atoms with van der Waals surface area (Å²) in [5.74, 6) is -0.0607. The molecule has 0 atom stereocenters. The zero-order valence-electron chi connectivity index (χ0n) is 10.6. The number of likely N-dealkylation sites (N-methyl/N-ethyl adjacent to an activating group) is 1. The Labute approximate surface area is 106 Å². The average molecular weight is 260 g/mol. The largest absolute Gasteiger partial charge is 0.480 e. The van der Waals surface area contributed by atoms with Gasteiger partial charge in [0.25, 0.3) is 0 Å². The molecule has 2 amide bonds. The van der Waals surface area contributed by atoms with Gasteiger partial charge in [-0.3, -0.25) is 4.79 Å². The Hall–Kier alpha value is -0.910. The first-order valence-corrected chi connectivity index (χ1v) is 6.74. The van der Waals surface area contributed by atoms with Crippen LogP contribution in [0.4, 0.5) is 4.79 Å². The van der Waals surface area contributed by atoms with Crippen molar-refractivity contribution in [1.29, 1.82) is 0 Å². The SMILES string of the molecule is CCN(CC(=O)O)C(=O)N1CCSC(C)(C)C1. The average Bonchev–Trinajstić information content (AvgIpc) is 2.23. The molecule has 0 bridgehead atoms. The molecule has 17 heavy (non-hydrogen) atoms. The fraction of sp³-hybridized carbons (Fsp3) is 0.818. The summed E-state index contributed by atoms with van der Waals surface area (Å²) < 4.78 is 0.0521. The second kappa shape index (κ2) is 5.62. The van der Waals surface area contributed by atoms with Crippen LogP contribution in [0.1, 0.15) is 20.8 Å². The van der Waals surface area contributed by atoms with Crippen LogP contribution in [0, 0.1) is 0 Å². The third kappa shape index (κ3) is 4.11. The highest BCUT2D eigenvalue weighted by atomic mass is 32.2. The maximum atomic E-state index is 12.1. The highest BCUT2D eigenvalue weighted by molar-refractivity contribution is 8.00. The van der Waals surface area contributed by atoms with Crippen LogP contribution in [0.25, 0.3) is 0 Å². The van der Waals surface area contributed by atoms with E-state index in [0.717, 1.165) is 5.75 Å². The van der Waals surface area contributed by atoms with Gasteiger partial charge in [0, 0.05) is 30.1 Å². The number of carbonyl (C=O) groups excluding carboxylic acids is 1. The van der Waals surface area contributed by atoms with E-state index in [-0.39, 0.29) is 17.3 Å². The Kier molecular flexibility index (Phi) is 4.68. The van der Waals surface area contributed by atoms with Gasteiger partial charge < -0.3 is 14.9 Å². The van der Waals surface area contributed by atoms with E-state index < -0.39 is 5.97 Å². The summed E-state index contributed by atoms with van der Waals surface area (Å²) in [6, 6.07) is -0.164. The van der Waals surface area contributed by atoms with Crippen molar-refractivity contribution in [2.75, 3.05) is 31.9 Å². The second-order valence-electron chi connectivity index (χ2n) is 4.72. The van der Waals surface area contributed by atoms with E-state index in [1.54, 1.807) is 11.8 Å². The number of amides is 2. The highest BCUT2D eigenvalue weighted by Gasteiger charge is 2.31. The van der Waals surface area contributed by atoms with Crippen LogP contribution in [0.3, 0.4) is 0 Å². The van der Waals surface area contributed by atoms with Gasteiger partial charge in [-0.05, 0) is 20.8 Å². The first-order chi connectivity index (χ1) is 7.85. The van der Waals surface area contributed by atoms with Crippen LogP contribution in [0.15, 0.2) is 0 Å². The standard InChI is InChI=1S/C11H20N2O3S/c1-4-12(7-9(14)15)10(16)13-5-6-17-11(2,3)8-13/h4-8H2,1-3H3,(H,14,15). The third-order valence-electron chi connectivity index (χ3n) is 2.67. The molecule has 1 aliphatic heterocycles. The van der Waals surface area contributed by atoms with Crippen LogP contribution in [-0.2, 0) is 4.79 Å². The summed E-state index contributed by atoms with van der Waals surface area (Å²) in [4.78, 5) is 25.9. The number of hydrogen-bond donors (Lipinski definition) is 1. The molecule has 0 aromatic rings. The number of carboxylic acids is 1. The zero-order chi connectivity index (χ0) is 13.1. The molecule has 0 aliphatic carbocycles. The molecule has 0 aromatic heterocycles. The molecule has 0 unspecified atom stereocenters. The van der Waals surface area contributed by atoms with Crippen LogP contribution < -0.4 is 0 Å². The Bertz CT molecular complexity index is 307. The molecular weight excluding hydrogens is 240 g/mol. The smallest absolute Gasteiger partial charge is 0.323 e. The Balaban J connectivity index is 2.64. The van der Waals surface area contributed by atoms with Gasteiger partial charge in [0.1, 0.15) is 6.54 Å². The summed E-state index contributed by atoms with van der Waals surface area (Å²) in [7, 11) is 0. The maximum absolute atomic E-state index is 12.1. The van der Waals surface area contributed by atoms with Crippen molar-refractivity contribution < 1.29 is 14.7 Å². The molecule has 1 saturated heterocycles. The minimum atomic E-state index is -0.967. The molecule has 1 heterocycles. The van der Waals surface area contributed by atoms with Crippen LogP contribution in [0.2, 0.25) is 0 Å². The summed E-state index contributed by atoms with van der Waals surface area (Å²) in [6.07, 6.45) is 0. The van der Waals surface area contributed by atoms with Crippen LogP contribution in [0.5, 0.6) is 0 Å². The molecule has 6 heteroatoms. The van der Waals surface area contributed by atoms with Crippen LogP contribution in [-0.4, -0.2) is 63.6 Å². The highest BCUT2D eigenvalue weighted by Crippen LogP contribution is 2.29. The molecule has 1 rings (SSSR count). The van der Waals surface area contributed by atoms with Gasteiger partial charge >= 0.3 is 12.0 Å². The number of nitrogens with zero attached hydrogens (tertiary/aromatic N) is 2. The number of thioether (sulfide) groups is 1. The van der Waals surface area contributed by atoms with E-state index >= 15 is 0 Å². The van der Waals surface area contributed by atoms with Crippen molar-refractivity contribution in [2.24, 2.45) is 0 Å². The lowest BCUT2D eigenvalue weighted by atomic mass is 10.2. The molecule has 1 fully saturated rings. The summed E-state index contributed by atoms with van der Waals surface area (Å²) in [6.45, 7) is 7.57. The minimum absolute atomic E-state index is 0.0521. The molecule has 5 nitrogen and oxygen atoms in total. The first-order valence-electron chi connectivity index (χ1n) is 5.75. The molecular formula is C11H20N2O3S. The molecule has 0 radical (unpaired) electrons. The summed E-state index contributed by atoms with van der Waals surface area (Å²) in [5, 5.41) is 8.75. The lowest BCUT2D eigenvalue weighted by Gasteiger charge is -2.39. The third-order valence-corrected chi connectivity index (χ3v) is 3.97. The number of aliphatic carboxylic acids is 1. The van der Waals surface area contributed by atoms with Crippen molar-refractivity contribution in [1.82, 2.24) is 9.80 Å². The minimum Gasteiger partial charge on any atom is -0.480 e. The van der Waals surface area contributed by atoms with E-state index in [1.807, 2.05) is 11.8 Å². The fourth-order valence-corrected chi connectivity index (χ4v) is 2.97. The van der Waals surface area contributed by atoms with Gasteiger partial charge in [-0.25, -0.2) is 4.79 Å². The fourth-order valence-electron chi connectivity index (χ4n) is 1.86. The molecule has 98 valence electrons. The van der Waals surface area contributed by atoms with Gasteiger partial charge in [0.2, 0.25) is 0 Å². The lowest BCUT2D eigenvalue weighted by molar-refractivity contribution is -0.137. The predicted octanol–water partition coefficient (Wildman–Crippen LogP) is 1.34. The number of carboxylic acid groups (broad SMARTS) is 1. The summed E-state index contributed by atoms with van der Waals surface area (Å²) in [5.41, 5.74) is 0. The Morgan fingerprint density at radius 1 is 1.47 bits per heavy atom. The second-order valence-corrected chi connectivity index (χ2v) is 6.52. The van der Waals surface area contributed by atoms with Crippen molar-refractivity contribution >= 4 is 23.8 Å². The molecule has 0 aromatic carbocycles. The van der Waals surface area contributed by atoms with E-state index in [2.05, 4.69) is 13.8 Å². The summed E-state index contributed by atoms with van der Waals surface area (Å²) >= 11 is 1.85. The van der Waals surface area contributed by atoms with Gasteiger partial charge in [0.05, 0.1) is 0 Å². The topological polar surface area (TPSA) is 60.9 Å². The number of rotatable bonds is 3. The number of hydrogen-bond acceptors (Lipinski definition) is 3. The van der Waals surface area contributed by atoms with Gasteiger partial charge in [-0.15, -0.1) is 0 Å². The van der Waals surface area contributed by atoms with Crippen molar-refractivity contribution in [3.8, 4) is 0 Å². The first kappa shape index (κ1) is 14.2. The molecule has 1 N–H and O–H groups in total. The number of carbonyl (C=O) groups is 2. The Morgan fingerprint density at radius 2 is 2.12 bits per heavy atom. The molecule has 0 saturated carbocycles. The van der Waals surface area contributed by atoms with E-state index in [4.69, 9.17) is 5.11 Å². The maximum Gasteiger partial charge on any atom is 0.323 e. The zero-order valence-corrected chi connectivity index (χ0v) is 11.4. The van der Waals surface area contributed by atoms with Crippen molar-refractivity contribution in [3.05, 3.63) is 0 Å². The Morgan fingerprint density at radius 3 is 2.59 bits per heavy atom. The monoisotopic (exact) mass is 260 g/mol. The number of urea groups is 1. The molecule has 0 spiro atoms. The van der Waals surface area contributed by atoms with Crippen molar-refractivity contribution in [2.45, 2.75) is 25.5 Å². The van der Waals surface area contributed by atoms with Crippen LogP contribution >= 0.6 is 11.8 Å². The van der Waals surface area contributed by atoms with E-state index in [0.29, 0.717) is 19.6 Å². The van der Waals surface area contributed by atoms with Crippen molar-refractivity contribution in [3.63, 3.8) is 0 Å². The normalized spacial score (nSPS) is 18.9. The van der Waals surface area contributed by atoms with E-state index in [9.17, 15) is 9.59 Å². The van der Waals surface area contributed by atoms with Gasteiger partial charge in [-0.2, -0.15) is 11.8 Å². The lowest BCUT2D eigenvalue weighted by Crippen LogP contribution is -2.52. The van der Waals surface area contributed by atoms with Gasteiger partial charge in [-0.1, -0.05) is 0 Å². The quantitative estimate of drug-likeness (QED) is 0.832. The van der Waals surface area contributed by atoms with E-state index in [1.165, 1.54) is 4.90 Å². The molecule has 1 aliphatic rings. The predicted molar refractivity (Wildman–Crippen MR) is 68.4 cm³/mol. The van der Waals surface area contributed by atoms with Gasteiger partial charge in [0.15, 0.2) is 0 Å².